The van der Waals surface area contributed by atoms with Crippen LogP contribution in [0.4, 0.5) is 14.4 Å². The molecule has 0 radical (unpaired) electrons. The first-order valence-corrected chi connectivity index (χ1v) is 30.5. The van der Waals surface area contributed by atoms with Crippen molar-refractivity contribution in [1.82, 2.24) is 16.0 Å². The van der Waals surface area contributed by atoms with Crippen molar-refractivity contribution in [3.05, 3.63) is 59.7 Å². The third-order valence-electron chi connectivity index (χ3n) is 15.2. The van der Waals surface area contributed by atoms with Crippen LogP contribution in [0.3, 0.4) is 0 Å². The largest absolute Gasteiger partial charge is 0.458 e. The number of benzene rings is 2. The average Bonchev–Trinajstić information content (AvgIpc) is 3.70. The molecule has 3 aliphatic carbocycles. The molecule has 0 spiro atoms. The van der Waals surface area contributed by atoms with Gasteiger partial charge < -0.3 is 34.9 Å². The van der Waals surface area contributed by atoms with Gasteiger partial charge in [0.05, 0.1) is 0 Å². The lowest BCUT2D eigenvalue weighted by Gasteiger charge is -2.25. The zero-order valence-electron chi connectivity index (χ0n) is 45.6. The summed E-state index contributed by atoms with van der Waals surface area (Å²) in [7, 11) is 0. The first-order valence-electron chi connectivity index (χ1n) is 29.3. The molecule has 73 heavy (non-hydrogen) atoms. The van der Waals surface area contributed by atoms with Crippen molar-refractivity contribution >= 4 is 36.0 Å². The minimum atomic E-state index is -1.05. The van der Waals surface area contributed by atoms with E-state index in [9.17, 15) is 19.2 Å². The fraction of sp³-hybridized carbons (Fsp3) is 0.738. The molecule has 0 bridgehead atoms. The van der Waals surface area contributed by atoms with Gasteiger partial charge in [-0.3, -0.25) is 0 Å². The van der Waals surface area contributed by atoms with Gasteiger partial charge in [0.2, 0.25) is 0 Å². The van der Waals surface area contributed by atoms with Crippen LogP contribution in [0.1, 0.15) is 230 Å². The van der Waals surface area contributed by atoms with Crippen LogP contribution in [0.5, 0.6) is 0 Å². The van der Waals surface area contributed by atoms with Gasteiger partial charge in [0.25, 0.3) is 0 Å². The zero-order valence-corrected chi connectivity index (χ0v) is 46.5. The van der Waals surface area contributed by atoms with Gasteiger partial charge >= 0.3 is 24.2 Å². The first-order chi connectivity index (χ1) is 35.6. The van der Waals surface area contributed by atoms with Gasteiger partial charge in [0.1, 0.15) is 31.0 Å². The Hall–Kier alpha value is -3.93. The Morgan fingerprint density at radius 3 is 1.49 bits per heavy atom. The molecule has 2 aromatic carbocycles. The Morgan fingerprint density at radius 1 is 0.548 bits per heavy atom. The Labute approximate surface area is 445 Å². The second kappa shape index (κ2) is 35.4. The number of unbranched alkanes of at least 4 members (excludes halogenated alkanes) is 16. The molecule has 2 fully saturated rings. The molecule has 5 rings (SSSR count). The van der Waals surface area contributed by atoms with E-state index in [1.165, 1.54) is 166 Å². The number of ether oxygens (including phenoxy) is 4. The van der Waals surface area contributed by atoms with E-state index in [0.717, 1.165) is 72.6 Å². The van der Waals surface area contributed by atoms with Crippen LogP contribution in [-0.4, -0.2) is 79.8 Å². The molecule has 0 heterocycles. The Bertz CT molecular complexity index is 1810. The Kier molecular flexibility index (Phi) is 29.0. The fourth-order valence-corrected chi connectivity index (χ4v) is 12.1. The van der Waals surface area contributed by atoms with Crippen molar-refractivity contribution in [2.24, 2.45) is 11.8 Å². The van der Waals surface area contributed by atoms with Crippen LogP contribution in [0.25, 0.3) is 11.1 Å². The highest BCUT2D eigenvalue weighted by molar-refractivity contribution is 7.99. The molecule has 0 saturated heterocycles. The van der Waals surface area contributed by atoms with E-state index in [4.69, 9.17) is 18.9 Å². The summed E-state index contributed by atoms with van der Waals surface area (Å²) in [6, 6.07) is 15.2. The molecule has 0 aliphatic heterocycles. The number of carbonyl (C=O) groups is 4. The van der Waals surface area contributed by atoms with Gasteiger partial charge in [-0.1, -0.05) is 228 Å². The standard InChI is InChI=1S/C61H97N3O8S/c1-61(2,3)72-57(65)56(64-60(68)70-45-55-53-40-28-26-38-51(53)52-39-27-29-41-54(52)55)47-73-46-50(71-59(67)63-43-31-17-13-9-5-7-11-15-21-33-49-36-24-19-25-37-49)44-69-58(66)62-42-30-16-12-8-4-6-10-14-20-32-48-34-22-18-23-35-48/h26-29,38-41,48-50,55-56H,4-25,30-37,42-47H2,1-3H3,(H,62,66)(H,63,67)(H,64,68)/t50?,56-/m0/s1. The van der Waals surface area contributed by atoms with Gasteiger partial charge in [-0.05, 0) is 67.7 Å². The molecule has 2 atom stereocenters. The second-order valence-electron chi connectivity index (χ2n) is 22.5. The summed E-state index contributed by atoms with van der Waals surface area (Å²) >= 11 is 1.29. The molecule has 1 unspecified atom stereocenters. The van der Waals surface area contributed by atoms with E-state index < -0.39 is 42.0 Å². The molecule has 12 heteroatoms. The predicted molar refractivity (Wildman–Crippen MR) is 298 cm³/mol. The van der Waals surface area contributed by atoms with E-state index in [1.807, 2.05) is 24.3 Å². The highest BCUT2D eigenvalue weighted by Crippen LogP contribution is 2.44. The summed E-state index contributed by atoms with van der Waals surface area (Å²) in [5.74, 6) is 1.54. The van der Waals surface area contributed by atoms with Crippen molar-refractivity contribution in [2.75, 3.05) is 37.8 Å². The van der Waals surface area contributed by atoms with Crippen molar-refractivity contribution in [3.63, 3.8) is 0 Å². The number of nitrogens with one attached hydrogen (secondary N) is 3. The van der Waals surface area contributed by atoms with Gasteiger partial charge in [0.15, 0.2) is 0 Å². The van der Waals surface area contributed by atoms with E-state index in [0.29, 0.717) is 13.1 Å². The minimum Gasteiger partial charge on any atom is -0.458 e. The van der Waals surface area contributed by atoms with Crippen molar-refractivity contribution in [3.8, 4) is 11.1 Å². The number of fused-ring (bicyclic) bond motifs is 3. The first kappa shape index (κ1) is 59.9. The number of carbonyl (C=O) groups excluding carboxylic acids is 4. The monoisotopic (exact) mass is 1030 g/mol. The molecular weight excluding hydrogens is 935 g/mol. The summed E-state index contributed by atoms with van der Waals surface area (Å²) in [5, 5.41) is 8.49. The van der Waals surface area contributed by atoms with Gasteiger partial charge in [-0.15, -0.1) is 0 Å². The number of amides is 3. The number of thioether (sulfide) groups is 1. The van der Waals surface area contributed by atoms with Gasteiger partial charge in [0, 0.05) is 30.5 Å². The maximum absolute atomic E-state index is 13.5. The topological polar surface area (TPSA) is 141 Å². The van der Waals surface area contributed by atoms with E-state index >= 15 is 0 Å². The average molecular weight is 1030 g/mol. The van der Waals surface area contributed by atoms with Crippen LogP contribution >= 0.6 is 11.8 Å². The number of hydrogen-bond acceptors (Lipinski definition) is 9. The van der Waals surface area contributed by atoms with Crippen LogP contribution in [0.2, 0.25) is 0 Å². The molecule has 0 aromatic heterocycles. The molecule has 3 aliphatic rings. The summed E-state index contributed by atoms with van der Waals surface area (Å²) in [5.41, 5.74) is 3.61. The van der Waals surface area contributed by atoms with Crippen molar-refractivity contribution < 1.29 is 38.1 Å². The predicted octanol–water partition coefficient (Wildman–Crippen LogP) is 15.8. The molecule has 2 saturated carbocycles. The zero-order chi connectivity index (χ0) is 51.8. The number of rotatable bonds is 35. The Balaban J connectivity index is 1.01. The maximum atomic E-state index is 13.5. The lowest BCUT2D eigenvalue weighted by atomic mass is 9.85. The smallest absolute Gasteiger partial charge is 0.407 e. The summed E-state index contributed by atoms with van der Waals surface area (Å²) in [4.78, 5) is 52.8. The minimum absolute atomic E-state index is 0.0963. The SMILES string of the molecule is CC(C)(C)OC(=O)[C@H](CSCC(COC(=O)NCCCCCCCCCCCC1CCCCC1)OC(=O)NCCCCCCCCCCCC1CCCCC1)NC(=O)OCC1c2ccccc2-c2ccccc21. The highest BCUT2D eigenvalue weighted by atomic mass is 32.2. The van der Waals surface area contributed by atoms with E-state index in [1.54, 1.807) is 20.8 Å². The van der Waals surface area contributed by atoms with Gasteiger partial charge in [-0.25, -0.2) is 19.2 Å². The van der Waals surface area contributed by atoms with E-state index in [-0.39, 0.29) is 30.6 Å². The third-order valence-corrected chi connectivity index (χ3v) is 16.3. The third kappa shape index (κ3) is 25.0. The van der Waals surface area contributed by atoms with Crippen molar-refractivity contribution in [2.45, 2.75) is 237 Å². The highest BCUT2D eigenvalue weighted by Gasteiger charge is 2.32. The van der Waals surface area contributed by atoms with Crippen molar-refractivity contribution in [1.29, 1.82) is 0 Å². The number of alkyl carbamates (subject to hydrolysis) is 3. The van der Waals surface area contributed by atoms with E-state index in [2.05, 4.69) is 40.2 Å². The van der Waals surface area contributed by atoms with Crippen LogP contribution in [0.15, 0.2) is 48.5 Å². The van der Waals surface area contributed by atoms with Crippen LogP contribution in [0, 0.1) is 11.8 Å². The molecule has 3 N–H and O–H groups in total. The molecule has 11 nitrogen and oxygen atoms in total. The molecular formula is C61H97N3O8S. The van der Waals surface area contributed by atoms with Crippen LogP contribution < -0.4 is 16.0 Å². The maximum Gasteiger partial charge on any atom is 0.407 e. The van der Waals surface area contributed by atoms with Crippen LogP contribution in [-0.2, 0) is 23.7 Å². The fourth-order valence-electron chi connectivity index (χ4n) is 11.1. The second-order valence-corrected chi connectivity index (χ2v) is 23.6. The number of esters is 1. The summed E-state index contributed by atoms with van der Waals surface area (Å²) in [6.07, 6.45) is 36.5. The quantitative estimate of drug-likeness (QED) is 0.0349. The molecule has 2 aromatic rings. The van der Waals surface area contributed by atoms with Gasteiger partial charge in [-0.2, -0.15) is 11.8 Å². The molecule has 410 valence electrons. The summed E-state index contributed by atoms with van der Waals surface area (Å²) < 4.78 is 22.9. The normalized spacial score (nSPS) is 15.9. The number of hydrogen-bond donors (Lipinski definition) is 3. The lowest BCUT2D eigenvalue weighted by molar-refractivity contribution is -0.156. The lowest BCUT2D eigenvalue weighted by Crippen LogP contribution is -2.46. The summed E-state index contributed by atoms with van der Waals surface area (Å²) in [6.45, 7) is 6.26. The Morgan fingerprint density at radius 2 is 1.00 bits per heavy atom. The molecule has 3 amide bonds.